The summed E-state index contributed by atoms with van der Waals surface area (Å²) in [7, 11) is -0.892. The maximum Gasteiger partial charge on any atom is 0.248 e. The van der Waals surface area contributed by atoms with Gasteiger partial charge in [0.1, 0.15) is 11.6 Å². The van der Waals surface area contributed by atoms with Crippen molar-refractivity contribution < 1.29 is 13.8 Å². The summed E-state index contributed by atoms with van der Waals surface area (Å²) < 4.78 is 11.3. The Hall–Kier alpha value is -0.910. The van der Waals surface area contributed by atoms with Gasteiger partial charge in [-0.3, -0.25) is 13.8 Å². The minimum absolute atomic E-state index is 0.0299. The fourth-order valence-electron chi connectivity index (χ4n) is 2.75. The predicted molar refractivity (Wildman–Crippen MR) is 85.3 cm³/mol. The Kier molecular flexibility index (Phi) is 5.96. The van der Waals surface area contributed by atoms with E-state index in [1.807, 2.05) is 27.7 Å². The summed E-state index contributed by atoms with van der Waals surface area (Å²) in [5.41, 5.74) is -0.831. The molecular weight excluding hydrogens is 288 g/mol. The second-order valence-electron chi connectivity index (χ2n) is 6.49. The van der Waals surface area contributed by atoms with Crippen LogP contribution in [-0.4, -0.2) is 50.6 Å². The number of amides is 2. The van der Waals surface area contributed by atoms with Gasteiger partial charge in [0.15, 0.2) is 0 Å². The lowest BCUT2D eigenvalue weighted by molar-refractivity contribution is -0.159. The van der Waals surface area contributed by atoms with Gasteiger partial charge < -0.3 is 10.2 Å². The summed E-state index contributed by atoms with van der Waals surface area (Å²) >= 11 is 0. The van der Waals surface area contributed by atoms with Crippen LogP contribution >= 0.6 is 0 Å². The van der Waals surface area contributed by atoms with E-state index in [0.717, 1.165) is 0 Å². The molecule has 1 N–H and O–H groups in total. The molecule has 0 saturated carbocycles. The smallest absolute Gasteiger partial charge is 0.248 e. The summed E-state index contributed by atoms with van der Waals surface area (Å²) in [6.07, 6.45) is 2.87. The SMILES string of the molecule is CCC1(C)NC(=O)C(C(C)C)N(C(C)CCS(C)=O)C1=O. The lowest BCUT2D eigenvalue weighted by atomic mass is 9.87. The van der Waals surface area contributed by atoms with Crippen LogP contribution in [0.2, 0.25) is 0 Å². The van der Waals surface area contributed by atoms with Crippen molar-refractivity contribution in [3.63, 3.8) is 0 Å². The fraction of sp³-hybridized carbons (Fsp3) is 0.867. The number of hydrogen-bond acceptors (Lipinski definition) is 3. The molecule has 122 valence electrons. The molecule has 1 rings (SSSR count). The number of hydrogen-bond donors (Lipinski definition) is 1. The van der Waals surface area contributed by atoms with E-state index in [-0.39, 0.29) is 23.8 Å². The van der Waals surface area contributed by atoms with Gasteiger partial charge in [0.2, 0.25) is 11.8 Å². The first-order valence-corrected chi connectivity index (χ1v) is 9.31. The van der Waals surface area contributed by atoms with E-state index in [0.29, 0.717) is 18.6 Å². The Morgan fingerprint density at radius 1 is 1.33 bits per heavy atom. The van der Waals surface area contributed by atoms with Gasteiger partial charge in [-0.25, -0.2) is 0 Å². The summed E-state index contributed by atoms with van der Waals surface area (Å²) in [4.78, 5) is 27.0. The minimum Gasteiger partial charge on any atom is -0.340 e. The highest BCUT2D eigenvalue weighted by Crippen LogP contribution is 2.27. The van der Waals surface area contributed by atoms with Gasteiger partial charge in [-0.1, -0.05) is 20.8 Å². The van der Waals surface area contributed by atoms with E-state index in [2.05, 4.69) is 5.32 Å². The van der Waals surface area contributed by atoms with Crippen LogP contribution in [0, 0.1) is 5.92 Å². The summed E-state index contributed by atoms with van der Waals surface area (Å²) in [5, 5.41) is 2.88. The van der Waals surface area contributed by atoms with Crippen LogP contribution in [0.3, 0.4) is 0 Å². The highest BCUT2D eigenvalue weighted by molar-refractivity contribution is 7.84. The number of piperazine rings is 1. The van der Waals surface area contributed by atoms with Crippen molar-refractivity contribution in [1.29, 1.82) is 0 Å². The van der Waals surface area contributed by atoms with Crippen LogP contribution < -0.4 is 5.32 Å². The average Bonchev–Trinajstić information content (AvgIpc) is 2.39. The van der Waals surface area contributed by atoms with Gasteiger partial charge in [-0.2, -0.15) is 0 Å². The summed E-state index contributed by atoms with van der Waals surface area (Å²) in [6, 6.07) is -0.539. The third-order valence-electron chi connectivity index (χ3n) is 4.31. The Balaban J connectivity index is 3.08. The van der Waals surface area contributed by atoms with Gasteiger partial charge >= 0.3 is 0 Å². The number of nitrogens with zero attached hydrogens (tertiary/aromatic N) is 1. The zero-order chi connectivity index (χ0) is 16.4. The van der Waals surface area contributed by atoms with E-state index in [1.165, 1.54) is 0 Å². The zero-order valence-corrected chi connectivity index (χ0v) is 14.8. The molecule has 0 aromatic heterocycles. The Morgan fingerprint density at radius 2 is 1.90 bits per heavy atom. The first kappa shape index (κ1) is 18.1. The maximum atomic E-state index is 12.9. The van der Waals surface area contributed by atoms with Crippen LogP contribution in [0.1, 0.15) is 47.5 Å². The second kappa shape index (κ2) is 6.90. The molecule has 5 nitrogen and oxygen atoms in total. The lowest BCUT2D eigenvalue weighted by Gasteiger charge is -2.48. The van der Waals surface area contributed by atoms with Gasteiger partial charge in [0, 0.05) is 28.9 Å². The highest BCUT2D eigenvalue weighted by atomic mass is 32.2. The molecule has 0 aromatic rings. The standard InChI is InChI=1S/C15H28N2O3S/c1-7-15(5)14(19)17(11(4)8-9-21(6)20)12(10(2)3)13(18)16-15/h10-12H,7-9H2,1-6H3,(H,16,18). The second-order valence-corrected chi connectivity index (χ2v) is 8.05. The molecule has 4 atom stereocenters. The van der Waals surface area contributed by atoms with Crippen molar-refractivity contribution >= 4 is 22.6 Å². The van der Waals surface area contributed by atoms with Crippen LogP contribution in [0.25, 0.3) is 0 Å². The van der Waals surface area contributed by atoms with Gasteiger partial charge in [-0.15, -0.1) is 0 Å². The van der Waals surface area contributed by atoms with Crippen molar-refractivity contribution in [2.24, 2.45) is 5.92 Å². The highest BCUT2D eigenvalue weighted by Gasteiger charge is 2.49. The van der Waals surface area contributed by atoms with Gasteiger partial charge in [0.25, 0.3) is 0 Å². The first-order chi connectivity index (χ1) is 9.64. The van der Waals surface area contributed by atoms with Crippen molar-refractivity contribution in [3.8, 4) is 0 Å². The van der Waals surface area contributed by atoms with Crippen molar-refractivity contribution in [3.05, 3.63) is 0 Å². The molecule has 21 heavy (non-hydrogen) atoms. The monoisotopic (exact) mass is 316 g/mol. The predicted octanol–water partition coefficient (Wildman–Crippen LogP) is 1.30. The molecule has 0 aromatic carbocycles. The molecule has 4 unspecified atom stereocenters. The van der Waals surface area contributed by atoms with E-state index in [4.69, 9.17) is 0 Å². The van der Waals surface area contributed by atoms with E-state index in [9.17, 15) is 13.8 Å². The number of carbonyl (C=O) groups is 2. The summed E-state index contributed by atoms with van der Waals surface area (Å²) in [5.74, 6) is 0.473. The van der Waals surface area contributed by atoms with Crippen molar-refractivity contribution in [2.45, 2.75) is 65.1 Å². The van der Waals surface area contributed by atoms with Gasteiger partial charge in [0.05, 0.1) is 0 Å². The fourth-order valence-corrected chi connectivity index (χ4v) is 3.42. The molecular formula is C15H28N2O3S. The molecule has 1 aliphatic rings. The third kappa shape index (κ3) is 3.84. The van der Waals surface area contributed by atoms with E-state index in [1.54, 1.807) is 18.1 Å². The lowest BCUT2D eigenvalue weighted by Crippen LogP contribution is -2.71. The molecule has 1 fully saturated rings. The third-order valence-corrected chi connectivity index (χ3v) is 5.12. The number of rotatable bonds is 6. The number of carbonyl (C=O) groups excluding carboxylic acids is 2. The Labute approximate surface area is 130 Å². The zero-order valence-electron chi connectivity index (χ0n) is 13.9. The van der Waals surface area contributed by atoms with Crippen LogP contribution in [0.4, 0.5) is 0 Å². The average molecular weight is 316 g/mol. The van der Waals surface area contributed by atoms with Crippen LogP contribution in [0.15, 0.2) is 0 Å². The molecule has 2 amide bonds. The molecule has 1 aliphatic heterocycles. The molecule has 6 heteroatoms. The van der Waals surface area contributed by atoms with Crippen molar-refractivity contribution in [1.82, 2.24) is 10.2 Å². The van der Waals surface area contributed by atoms with E-state index < -0.39 is 22.4 Å². The van der Waals surface area contributed by atoms with Gasteiger partial charge in [-0.05, 0) is 32.6 Å². The van der Waals surface area contributed by atoms with Crippen molar-refractivity contribution in [2.75, 3.05) is 12.0 Å². The molecule has 1 saturated heterocycles. The molecule has 0 spiro atoms. The van der Waals surface area contributed by atoms with E-state index >= 15 is 0 Å². The molecule has 0 aliphatic carbocycles. The Morgan fingerprint density at radius 3 is 2.33 bits per heavy atom. The molecule has 0 bridgehead atoms. The maximum absolute atomic E-state index is 12.9. The molecule has 0 radical (unpaired) electrons. The first-order valence-electron chi connectivity index (χ1n) is 7.58. The van der Waals surface area contributed by atoms with Crippen LogP contribution in [-0.2, 0) is 20.4 Å². The number of nitrogens with one attached hydrogen (secondary N) is 1. The molecule has 1 heterocycles. The quantitative estimate of drug-likeness (QED) is 0.803. The van der Waals surface area contributed by atoms with Crippen LogP contribution in [0.5, 0.6) is 0 Å². The summed E-state index contributed by atoms with van der Waals surface area (Å²) in [6.45, 7) is 9.52. The topological polar surface area (TPSA) is 66.5 Å². The largest absolute Gasteiger partial charge is 0.340 e. The minimum atomic E-state index is -0.892. The Bertz CT molecular complexity index is 439. The normalized spacial score (nSPS) is 29.5.